The summed E-state index contributed by atoms with van der Waals surface area (Å²) >= 11 is 1.83. The number of aryl methyl sites for hydroxylation is 1. The molecule has 0 aromatic carbocycles. The largest absolute Gasteiger partial charge is 0.384 e. The van der Waals surface area contributed by atoms with E-state index in [-0.39, 0.29) is 4.75 Å². The number of nitrogens with zero attached hydrogens (tertiary/aromatic N) is 3. The lowest BCUT2D eigenvalue weighted by Crippen LogP contribution is -2.28. The molecule has 1 aliphatic rings. The van der Waals surface area contributed by atoms with Crippen LogP contribution in [0.25, 0.3) is 0 Å². The van der Waals surface area contributed by atoms with E-state index < -0.39 is 6.10 Å². The third-order valence-electron chi connectivity index (χ3n) is 2.82. The van der Waals surface area contributed by atoms with Crippen LogP contribution in [-0.4, -0.2) is 30.4 Å². The third-order valence-corrected chi connectivity index (χ3v) is 4.40. The molecule has 2 heterocycles. The molecular weight excluding hydrogens is 198 g/mol. The summed E-state index contributed by atoms with van der Waals surface area (Å²) in [5.74, 6) is 1.80. The molecule has 2 unspecified atom stereocenters. The lowest BCUT2D eigenvalue weighted by atomic mass is 9.98. The average molecular weight is 213 g/mol. The molecular formula is C9H15N3OS. The molecule has 0 radical (unpaired) electrons. The van der Waals surface area contributed by atoms with E-state index in [1.54, 1.807) is 4.68 Å². The van der Waals surface area contributed by atoms with Gasteiger partial charge in [0.15, 0.2) is 5.82 Å². The van der Waals surface area contributed by atoms with Crippen molar-refractivity contribution in [2.24, 2.45) is 7.05 Å². The van der Waals surface area contributed by atoms with Crippen molar-refractivity contribution in [3.63, 3.8) is 0 Å². The minimum Gasteiger partial charge on any atom is -0.384 e. The van der Waals surface area contributed by atoms with Crippen molar-refractivity contribution in [3.8, 4) is 0 Å². The minimum absolute atomic E-state index is 0.0825. The number of aliphatic hydroxyl groups is 1. The number of aromatic nitrogens is 3. The molecule has 2 rings (SSSR count). The Morgan fingerprint density at radius 1 is 1.71 bits per heavy atom. The van der Waals surface area contributed by atoms with Gasteiger partial charge in [-0.1, -0.05) is 0 Å². The van der Waals surface area contributed by atoms with E-state index >= 15 is 0 Å². The van der Waals surface area contributed by atoms with Crippen LogP contribution >= 0.6 is 11.8 Å². The number of hydrogen-bond acceptors (Lipinski definition) is 4. The van der Waals surface area contributed by atoms with Gasteiger partial charge in [-0.05, 0) is 25.5 Å². The zero-order chi connectivity index (χ0) is 10.2. The fraction of sp³-hybridized carbons (Fsp3) is 0.778. The van der Waals surface area contributed by atoms with Crippen molar-refractivity contribution in [1.29, 1.82) is 0 Å². The van der Waals surface area contributed by atoms with Crippen LogP contribution in [0.3, 0.4) is 0 Å². The predicted octanol–water partition coefficient (Wildman–Crippen LogP) is 1.13. The fourth-order valence-corrected chi connectivity index (χ4v) is 3.15. The summed E-state index contributed by atoms with van der Waals surface area (Å²) in [5.41, 5.74) is 0. The smallest absolute Gasteiger partial charge is 0.156 e. The van der Waals surface area contributed by atoms with Gasteiger partial charge in [0, 0.05) is 11.8 Å². The first-order valence-corrected chi connectivity index (χ1v) is 5.78. The lowest BCUT2D eigenvalue weighted by Gasteiger charge is -2.27. The van der Waals surface area contributed by atoms with Crippen LogP contribution in [0.2, 0.25) is 0 Å². The molecule has 0 amide bonds. The molecule has 0 aliphatic carbocycles. The van der Waals surface area contributed by atoms with Gasteiger partial charge in [-0.3, -0.25) is 4.68 Å². The molecule has 5 heteroatoms. The van der Waals surface area contributed by atoms with Crippen LogP contribution in [0.4, 0.5) is 0 Å². The van der Waals surface area contributed by atoms with Gasteiger partial charge in [-0.2, -0.15) is 16.9 Å². The Kier molecular flexibility index (Phi) is 2.53. The monoisotopic (exact) mass is 213 g/mol. The zero-order valence-electron chi connectivity index (χ0n) is 8.47. The van der Waals surface area contributed by atoms with Crippen LogP contribution in [0.15, 0.2) is 6.33 Å². The van der Waals surface area contributed by atoms with Gasteiger partial charge in [-0.15, -0.1) is 0 Å². The summed E-state index contributed by atoms with van der Waals surface area (Å²) in [4.78, 5) is 4.09. The molecule has 1 fully saturated rings. The Hall–Kier alpha value is -0.550. The Morgan fingerprint density at radius 2 is 2.50 bits per heavy atom. The van der Waals surface area contributed by atoms with E-state index in [0.29, 0.717) is 5.82 Å². The zero-order valence-corrected chi connectivity index (χ0v) is 9.29. The maximum atomic E-state index is 10.2. The fourth-order valence-electron chi connectivity index (χ4n) is 1.84. The Balaban J connectivity index is 2.23. The lowest BCUT2D eigenvalue weighted by molar-refractivity contribution is 0.122. The van der Waals surface area contributed by atoms with Crippen molar-refractivity contribution in [2.75, 3.05) is 5.75 Å². The van der Waals surface area contributed by atoms with Gasteiger partial charge >= 0.3 is 0 Å². The third kappa shape index (κ3) is 1.54. The van der Waals surface area contributed by atoms with Gasteiger partial charge in [0.2, 0.25) is 0 Å². The second kappa shape index (κ2) is 3.55. The van der Waals surface area contributed by atoms with Crippen LogP contribution in [-0.2, 0) is 7.05 Å². The molecule has 1 aromatic heterocycles. The van der Waals surface area contributed by atoms with E-state index in [1.165, 1.54) is 12.7 Å². The highest BCUT2D eigenvalue weighted by Gasteiger charge is 2.39. The summed E-state index contributed by atoms with van der Waals surface area (Å²) in [6.07, 6.45) is 3.20. The molecule has 0 bridgehead atoms. The van der Waals surface area contributed by atoms with E-state index in [4.69, 9.17) is 0 Å². The molecule has 78 valence electrons. The molecule has 1 N–H and O–H groups in total. The predicted molar refractivity (Wildman–Crippen MR) is 56.1 cm³/mol. The van der Waals surface area contributed by atoms with Crippen LogP contribution in [0.5, 0.6) is 0 Å². The topological polar surface area (TPSA) is 50.9 Å². The van der Waals surface area contributed by atoms with E-state index in [9.17, 15) is 5.11 Å². The van der Waals surface area contributed by atoms with Crippen LogP contribution in [0.1, 0.15) is 31.7 Å². The Bertz CT molecular complexity index is 320. The SMILES string of the molecule is Cn1ncnc1C(O)C1(C)CCCS1. The normalized spacial score (nSPS) is 29.4. The number of thioether (sulfide) groups is 1. The van der Waals surface area contributed by atoms with Crippen LogP contribution in [0, 0.1) is 0 Å². The maximum absolute atomic E-state index is 10.2. The molecule has 0 spiro atoms. The summed E-state index contributed by atoms with van der Waals surface area (Å²) < 4.78 is 1.57. The van der Waals surface area contributed by atoms with Crippen molar-refractivity contribution in [1.82, 2.24) is 14.8 Å². The first kappa shape index (κ1) is 9.98. The first-order chi connectivity index (χ1) is 6.63. The molecule has 1 aromatic rings. The maximum Gasteiger partial charge on any atom is 0.156 e. The van der Waals surface area contributed by atoms with Crippen LogP contribution < -0.4 is 0 Å². The van der Waals surface area contributed by atoms with E-state index in [0.717, 1.165) is 12.2 Å². The highest BCUT2D eigenvalue weighted by atomic mass is 32.2. The highest BCUT2D eigenvalue weighted by Crippen LogP contribution is 2.45. The van der Waals surface area contributed by atoms with Gasteiger partial charge in [0.1, 0.15) is 12.4 Å². The first-order valence-electron chi connectivity index (χ1n) is 4.79. The minimum atomic E-state index is -0.512. The Labute approximate surface area is 87.7 Å². The molecule has 4 nitrogen and oxygen atoms in total. The van der Waals surface area contributed by atoms with E-state index in [1.807, 2.05) is 18.8 Å². The Morgan fingerprint density at radius 3 is 3.00 bits per heavy atom. The van der Waals surface area contributed by atoms with Gasteiger partial charge < -0.3 is 5.11 Å². The van der Waals surface area contributed by atoms with Crippen molar-refractivity contribution < 1.29 is 5.11 Å². The summed E-state index contributed by atoms with van der Waals surface area (Å²) in [6, 6.07) is 0. The molecule has 2 atom stereocenters. The van der Waals surface area contributed by atoms with Gasteiger partial charge in [0.25, 0.3) is 0 Å². The van der Waals surface area contributed by atoms with Crippen molar-refractivity contribution in [3.05, 3.63) is 12.2 Å². The second-order valence-corrected chi connectivity index (χ2v) is 5.54. The second-order valence-electron chi connectivity index (χ2n) is 3.91. The van der Waals surface area contributed by atoms with Crippen molar-refractivity contribution >= 4 is 11.8 Å². The standard InChI is InChI=1S/C9H15N3OS/c1-9(4-3-5-14-9)7(13)8-10-6-11-12(8)2/h6-7,13H,3-5H2,1-2H3. The van der Waals surface area contributed by atoms with Gasteiger partial charge in [-0.25, -0.2) is 4.98 Å². The highest BCUT2D eigenvalue weighted by molar-refractivity contribution is 8.00. The van der Waals surface area contributed by atoms with Crippen molar-refractivity contribution in [2.45, 2.75) is 30.6 Å². The summed E-state index contributed by atoms with van der Waals surface area (Å²) in [5, 5.41) is 14.2. The molecule has 1 aliphatic heterocycles. The van der Waals surface area contributed by atoms with Gasteiger partial charge in [0.05, 0.1) is 0 Å². The number of rotatable bonds is 2. The average Bonchev–Trinajstić information content (AvgIpc) is 2.74. The number of hydrogen-bond donors (Lipinski definition) is 1. The summed E-state index contributed by atoms with van der Waals surface area (Å²) in [6.45, 7) is 2.10. The summed E-state index contributed by atoms with van der Waals surface area (Å²) in [7, 11) is 1.81. The quantitative estimate of drug-likeness (QED) is 0.800. The molecule has 1 saturated heterocycles. The number of aliphatic hydroxyl groups excluding tert-OH is 1. The molecule has 0 saturated carbocycles. The molecule has 14 heavy (non-hydrogen) atoms. The van der Waals surface area contributed by atoms with E-state index in [2.05, 4.69) is 17.0 Å².